The fourth-order valence-electron chi connectivity index (χ4n) is 3.18. The molecule has 0 spiro atoms. The summed E-state index contributed by atoms with van der Waals surface area (Å²) in [6, 6.07) is 4.94. The molecule has 0 bridgehead atoms. The van der Waals surface area contributed by atoms with E-state index < -0.39 is 23.3 Å². The van der Waals surface area contributed by atoms with E-state index in [1.54, 1.807) is 13.0 Å². The molecule has 12 heteroatoms. The largest absolute Gasteiger partial charge is 0.492 e. The number of carbonyl (C=O) groups excluding carboxylic acids is 2. The molecule has 0 radical (unpaired) electrons. The molecule has 31 heavy (non-hydrogen) atoms. The molecule has 156 valence electrons. The Kier molecular flexibility index (Phi) is 5.60. The number of azo groups is 1. The molecular weight excluding hydrogens is 470 g/mol. The van der Waals surface area contributed by atoms with E-state index in [0.717, 1.165) is 9.58 Å². The molecule has 1 aliphatic heterocycles. The van der Waals surface area contributed by atoms with Gasteiger partial charge in [0.05, 0.1) is 21.2 Å². The molecular formula is C19H14BrN7O4. The molecule has 3 rings (SSSR count). The summed E-state index contributed by atoms with van der Waals surface area (Å²) >= 11 is 3.23. The average molecular weight is 484 g/mol. The standard InChI is InChI=1S/C19H14BrN7O4/c1-4-26-16(28)10-5-9(6-21)15(13(20)12(10)18(26)30)25-24-14-8(2)11(7-22)17(29)27(23-3)19(14)31/h5,23,29H,4H2,1-3H3. The minimum Gasteiger partial charge on any atom is -0.492 e. The zero-order valence-electron chi connectivity index (χ0n) is 16.5. The molecule has 1 aliphatic rings. The second kappa shape index (κ2) is 8.01. The SMILES string of the molecule is CCN1C(=O)c2cc(C#N)c(N=Nc3c(C)c(C#N)c(O)n(NC)c3=O)c(Br)c2C1=O. The first-order valence-corrected chi connectivity index (χ1v) is 9.63. The van der Waals surface area contributed by atoms with E-state index >= 15 is 0 Å². The lowest BCUT2D eigenvalue weighted by atomic mass is 10.0. The number of pyridine rings is 1. The van der Waals surface area contributed by atoms with Gasteiger partial charge in [0, 0.05) is 19.2 Å². The van der Waals surface area contributed by atoms with E-state index in [9.17, 15) is 30.0 Å². The van der Waals surface area contributed by atoms with Crippen molar-refractivity contribution in [3.8, 4) is 18.0 Å². The van der Waals surface area contributed by atoms with Gasteiger partial charge in [0.25, 0.3) is 17.4 Å². The van der Waals surface area contributed by atoms with E-state index in [1.807, 2.05) is 6.07 Å². The van der Waals surface area contributed by atoms with Crippen LogP contribution in [0.4, 0.5) is 11.4 Å². The van der Waals surface area contributed by atoms with Gasteiger partial charge in [0.15, 0.2) is 5.69 Å². The van der Waals surface area contributed by atoms with Gasteiger partial charge >= 0.3 is 0 Å². The van der Waals surface area contributed by atoms with Crippen LogP contribution in [0.2, 0.25) is 0 Å². The number of rotatable bonds is 4. The number of halogens is 1. The summed E-state index contributed by atoms with van der Waals surface area (Å²) < 4.78 is 0.815. The quantitative estimate of drug-likeness (QED) is 0.497. The molecule has 2 N–H and O–H groups in total. The Balaban J connectivity index is 2.25. The lowest BCUT2D eigenvalue weighted by molar-refractivity contribution is 0.0662. The third-order valence-corrected chi connectivity index (χ3v) is 5.54. The molecule has 0 fully saturated rings. The Bertz CT molecular complexity index is 1330. The minimum absolute atomic E-state index is 0.0423. The molecule has 11 nitrogen and oxygen atoms in total. The van der Waals surface area contributed by atoms with Gasteiger partial charge in [-0.1, -0.05) is 0 Å². The van der Waals surface area contributed by atoms with Crippen molar-refractivity contribution < 1.29 is 14.7 Å². The highest BCUT2D eigenvalue weighted by atomic mass is 79.9. The Morgan fingerprint density at radius 1 is 1.16 bits per heavy atom. The molecule has 2 amide bonds. The second-order valence-electron chi connectivity index (χ2n) is 6.32. The summed E-state index contributed by atoms with van der Waals surface area (Å²) in [6.45, 7) is 3.22. The van der Waals surface area contributed by atoms with Gasteiger partial charge in [0.2, 0.25) is 5.88 Å². The predicted molar refractivity (Wildman–Crippen MR) is 111 cm³/mol. The molecule has 2 heterocycles. The van der Waals surface area contributed by atoms with Gasteiger partial charge in [-0.2, -0.15) is 15.2 Å². The van der Waals surface area contributed by atoms with E-state index in [1.165, 1.54) is 20.0 Å². The lowest BCUT2D eigenvalue weighted by Crippen LogP contribution is -2.29. The van der Waals surface area contributed by atoms with Crippen LogP contribution in [0.15, 0.2) is 25.6 Å². The second-order valence-corrected chi connectivity index (χ2v) is 7.12. The van der Waals surface area contributed by atoms with Crippen LogP contribution in [-0.4, -0.2) is 40.1 Å². The normalized spacial score (nSPS) is 12.8. The Morgan fingerprint density at radius 3 is 2.35 bits per heavy atom. The van der Waals surface area contributed by atoms with Gasteiger partial charge in [0.1, 0.15) is 23.4 Å². The first-order chi connectivity index (χ1) is 14.7. The Labute approximate surface area is 183 Å². The number of imide groups is 1. The number of aromatic hydroxyl groups is 1. The van der Waals surface area contributed by atoms with Crippen molar-refractivity contribution in [3.63, 3.8) is 0 Å². The number of fused-ring (bicyclic) bond motifs is 1. The molecule has 1 aromatic carbocycles. The number of hydrogen-bond donors (Lipinski definition) is 2. The monoisotopic (exact) mass is 483 g/mol. The first kappa shape index (κ1) is 21.7. The maximum Gasteiger partial charge on any atom is 0.300 e. The van der Waals surface area contributed by atoms with Crippen molar-refractivity contribution in [2.75, 3.05) is 19.0 Å². The van der Waals surface area contributed by atoms with Crippen molar-refractivity contribution in [1.29, 1.82) is 10.5 Å². The lowest BCUT2D eigenvalue weighted by Gasteiger charge is -2.12. The number of benzene rings is 1. The van der Waals surface area contributed by atoms with E-state index in [0.29, 0.717) is 0 Å². The van der Waals surface area contributed by atoms with E-state index in [4.69, 9.17) is 0 Å². The fourth-order valence-corrected chi connectivity index (χ4v) is 3.86. The van der Waals surface area contributed by atoms with Crippen LogP contribution in [0.1, 0.15) is 44.3 Å². The molecule has 0 aliphatic carbocycles. The Hall–Kier alpha value is -4.03. The zero-order chi connectivity index (χ0) is 23.0. The molecule has 2 aromatic rings. The summed E-state index contributed by atoms with van der Waals surface area (Å²) in [5.74, 6) is -1.64. The number of carbonyl (C=O) groups is 2. The predicted octanol–water partition coefficient (Wildman–Crippen LogP) is 2.57. The van der Waals surface area contributed by atoms with Crippen molar-refractivity contribution in [1.82, 2.24) is 9.58 Å². The first-order valence-electron chi connectivity index (χ1n) is 8.84. The third kappa shape index (κ3) is 3.14. The maximum absolute atomic E-state index is 12.6. The van der Waals surface area contributed by atoms with Gasteiger partial charge in [-0.05, 0) is 35.8 Å². The van der Waals surface area contributed by atoms with Gasteiger partial charge in [-0.3, -0.25) is 19.3 Å². The minimum atomic E-state index is -0.778. The summed E-state index contributed by atoms with van der Waals surface area (Å²) in [7, 11) is 1.37. The summed E-state index contributed by atoms with van der Waals surface area (Å²) in [5, 5.41) is 36.8. The molecule has 0 unspecified atom stereocenters. The topological polar surface area (TPSA) is 164 Å². The summed E-state index contributed by atoms with van der Waals surface area (Å²) in [5.41, 5.74) is 1.34. The van der Waals surface area contributed by atoms with Gasteiger partial charge in [-0.15, -0.1) is 10.2 Å². The smallest absolute Gasteiger partial charge is 0.300 e. The van der Waals surface area contributed by atoms with Crippen molar-refractivity contribution in [2.24, 2.45) is 10.2 Å². The summed E-state index contributed by atoms with van der Waals surface area (Å²) in [6.07, 6.45) is 0. The van der Waals surface area contributed by atoms with Crippen LogP contribution in [-0.2, 0) is 0 Å². The van der Waals surface area contributed by atoms with Crippen LogP contribution < -0.4 is 11.0 Å². The number of hydrogen-bond acceptors (Lipinski definition) is 9. The number of amides is 2. The zero-order valence-corrected chi connectivity index (χ0v) is 18.1. The average Bonchev–Trinajstić information content (AvgIpc) is 2.99. The van der Waals surface area contributed by atoms with Crippen LogP contribution in [0.3, 0.4) is 0 Å². The molecule has 0 saturated carbocycles. The van der Waals surface area contributed by atoms with Gasteiger partial charge < -0.3 is 10.5 Å². The number of nitrogens with one attached hydrogen (secondary N) is 1. The highest BCUT2D eigenvalue weighted by Gasteiger charge is 2.38. The number of nitrogens with zero attached hydrogens (tertiary/aromatic N) is 6. The number of aromatic nitrogens is 1. The van der Waals surface area contributed by atoms with Crippen LogP contribution >= 0.6 is 15.9 Å². The fraction of sp³-hybridized carbons (Fsp3) is 0.211. The highest BCUT2D eigenvalue weighted by Crippen LogP contribution is 2.40. The van der Waals surface area contributed by atoms with Gasteiger partial charge in [-0.25, -0.2) is 0 Å². The Morgan fingerprint density at radius 2 is 1.81 bits per heavy atom. The molecule has 0 atom stereocenters. The third-order valence-electron chi connectivity index (χ3n) is 4.77. The van der Waals surface area contributed by atoms with E-state index in [-0.39, 0.29) is 50.2 Å². The van der Waals surface area contributed by atoms with Crippen LogP contribution in [0, 0.1) is 29.6 Å². The van der Waals surface area contributed by atoms with Crippen LogP contribution in [0.5, 0.6) is 5.88 Å². The van der Waals surface area contributed by atoms with Crippen molar-refractivity contribution in [3.05, 3.63) is 48.7 Å². The van der Waals surface area contributed by atoms with Crippen molar-refractivity contribution >= 4 is 39.1 Å². The highest BCUT2D eigenvalue weighted by molar-refractivity contribution is 9.10. The maximum atomic E-state index is 12.6. The summed E-state index contributed by atoms with van der Waals surface area (Å²) in [4.78, 5) is 38.7. The molecule has 1 aromatic heterocycles. The number of nitriles is 2. The molecule has 0 saturated heterocycles. The van der Waals surface area contributed by atoms with E-state index in [2.05, 4.69) is 31.6 Å². The van der Waals surface area contributed by atoms with Crippen molar-refractivity contribution in [2.45, 2.75) is 13.8 Å². The van der Waals surface area contributed by atoms with Crippen LogP contribution in [0.25, 0.3) is 0 Å².